The van der Waals surface area contributed by atoms with E-state index in [-0.39, 0.29) is 22.9 Å². The van der Waals surface area contributed by atoms with Gasteiger partial charge in [0, 0.05) is 10.9 Å². The van der Waals surface area contributed by atoms with Crippen molar-refractivity contribution in [3.63, 3.8) is 0 Å². The van der Waals surface area contributed by atoms with E-state index >= 15 is 0 Å². The second kappa shape index (κ2) is 5.10. The molecule has 0 heterocycles. The largest absolute Gasteiger partial charge is 0.300 e. The standard InChI is InChI=1S/C11H13BrO3S/c1-8-3-4-10(7-11(8)12)16(14,15)6-5-9(2)13/h3-4,7H,5-6H2,1-2H3. The molecule has 0 atom stereocenters. The lowest BCUT2D eigenvalue weighted by molar-refractivity contribution is -0.116. The van der Waals surface area contributed by atoms with E-state index in [1.54, 1.807) is 18.2 Å². The molecule has 0 amide bonds. The van der Waals surface area contributed by atoms with Crippen LogP contribution in [0.2, 0.25) is 0 Å². The van der Waals surface area contributed by atoms with Gasteiger partial charge in [-0.2, -0.15) is 0 Å². The molecular weight excluding hydrogens is 292 g/mol. The number of halogens is 1. The third-order valence-corrected chi connectivity index (χ3v) is 4.79. The Balaban J connectivity index is 2.99. The highest BCUT2D eigenvalue weighted by Crippen LogP contribution is 2.21. The number of carbonyl (C=O) groups is 1. The average molecular weight is 305 g/mol. The predicted molar refractivity (Wildman–Crippen MR) is 66.2 cm³/mol. The summed E-state index contributed by atoms with van der Waals surface area (Å²) in [6.07, 6.45) is 0.0633. The van der Waals surface area contributed by atoms with Crippen LogP contribution in [0.4, 0.5) is 0 Å². The molecular formula is C11H13BrO3S. The molecule has 5 heteroatoms. The van der Waals surface area contributed by atoms with Crippen molar-refractivity contribution in [3.05, 3.63) is 28.2 Å². The quantitative estimate of drug-likeness (QED) is 0.859. The summed E-state index contributed by atoms with van der Waals surface area (Å²) in [6.45, 7) is 3.27. The zero-order valence-corrected chi connectivity index (χ0v) is 11.6. The van der Waals surface area contributed by atoms with Crippen LogP contribution >= 0.6 is 15.9 Å². The molecule has 1 rings (SSSR count). The van der Waals surface area contributed by atoms with Crippen LogP contribution in [0, 0.1) is 6.92 Å². The van der Waals surface area contributed by atoms with E-state index in [0.717, 1.165) is 10.0 Å². The number of carbonyl (C=O) groups excluding carboxylic acids is 1. The Labute approximate surface area is 104 Å². The van der Waals surface area contributed by atoms with Gasteiger partial charge in [-0.25, -0.2) is 8.42 Å². The molecule has 0 aromatic heterocycles. The predicted octanol–water partition coefficient (Wildman–Crippen LogP) is 2.51. The van der Waals surface area contributed by atoms with E-state index in [4.69, 9.17) is 0 Å². The van der Waals surface area contributed by atoms with Crippen molar-refractivity contribution in [2.75, 3.05) is 5.75 Å². The lowest BCUT2D eigenvalue weighted by atomic mass is 10.2. The van der Waals surface area contributed by atoms with Crippen molar-refractivity contribution < 1.29 is 13.2 Å². The van der Waals surface area contributed by atoms with E-state index in [0.29, 0.717) is 0 Å². The molecule has 0 aliphatic carbocycles. The number of benzene rings is 1. The molecule has 0 bridgehead atoms. The molecule has 0 radical (unpaired) electrons. The summed E-state index contributed by atoms with van der Waals surface area (Å²) >= 11 is 3.29. The Hall–Kier alpha value is -0.680. The van der Waals surface area contributed by atoms with Crippen LogP contribution in [-0.2, 0) is 14.6 Å². The second-order valence-electron chi connectivity index (χ2n) is 3.68. The third-order valence-electron chi connectivity index (χ3n) is 2.23. The number of Topliss-reactive ketones (excluding diaryl/α,β-unsaturated/α-hetero) is 1. The molecule has 1 aromatic carbocycles. The maximum Gasteiger partial charge on any atom is 0.178 e. The number of sulfone groups is 1. The Bertz CT molecular complexity index is 506. The Morgan fingerprint density at radius 1 is 1.38 bits per heavy atom. The maximum absolute atomic E-state index is 11.8. The molecule has 0 N–H and O–H groups in total. The van der Waals surface area contributed by atoms with Crippen molar-refractivity contribution in [1.29, 1.82) is 0 Å². The van der Waals surface area contributed by atoms with Crippen molar-refractivity contribution >= 4 is 31.6 Å². The Morgan fingerprint density at radius 2 is 2.00 bits per heavy atom. The Kier molecular flexibility index (Phi) is 4.27. The summed E-state index contributed by atoms with van der Waals surface area (Å²) in [6, 6.07) is 4.88. The van der Waals surface area contributed by atoms with Crippen LogP contribution in [0.25, 0.3) is 0 Å². The van der Waals surface area contributed by atoms with Gasteiger partial charge in [-0.05, 0) is 31.5 Å². The van der Waals surface area contributed by atoms with Gasteiger partial charge in [-0.15, -0.1) is 0 Å². The molecule has 0 saturated carbocycles. The maximum atomic E-state index is 11.8. The first-order valence-electron chi connectivity index (χ1n) is 4.81. The monoisotopic (exact) mass is 304 g/mol. The summed E-state index contributed by atoms with van der Waals surface area (Å²) in [7, 11) is -3.35. The highest BCUT2D eigenvalue weighted by atomic mass is 79.9. The molecule has 16 heavy (non-hydrogen) atoms. The first-order chi connectivity index (χ1) is 7.33. The van der Waals surface area contributed by atoms with Crippen LogP contribution in [0.15, 0.2) is 27.6 Å². The SMILES string of the molecule is CC(=O)CCS(=O)(=O)c1ccc(C)c(Br)c1. The van der Waals surface area contributed by atoms with Crippen molar-refractivity contribution in [3.8, 4) is 0 Å². The minimum Gasteiger partial charge on any atom is -0.300 e. The fourth-order valence-electron chi connectivity index (χ4n) is 1.16. The van der Waals surface area contributed by atoms with Gasteiger partial charge in [0.15, 0.2) is 9.84 Å². The molecule has 3 nitrogen and oxygen atoms in total. The molecule has 88 valence electrons. The van der Waals surface area contributed by atoms with Gasteiger partial charge < -0.3 is 0 Å². The summed E-state index contributed by atoms with van der Waals surface area (Å²) in [4.78, 5) is 11.0. The summed E-state index contributed by atoms with van der Waals surface area (Å²) in [5.41, 5.74) is 0.977. The molecule has 0 spiro atoms. The van der Waals surface area contributed by atoms with Crippen LogP contribution in [0.1, 0.15) is 18.9 Å². The zero-order valence-electron chi connectivity index (χ0n) is 9.16. The zero-order chi connectivity index (χ0) is 12.3. The van der Waals surface area contributed by atoms with Crippen molar-refractivity contribution in [2.45, 2.75) is 25.2 Å². The number of rotatable bonds is 4. The molecule has 1 aromatic rings. The normalized spacial score (nSPS) is 11.4. The Morgan fingerprint density at radius 3 is 2.50 bits per heavy atom. The van der Waals surface area contributed by atoms with Gasteiger partial charge in [0.1, 0.15) is 5.78 Å². The van der Waals surface area contributed by atoms with Crippen LogP contribution in [-0.4, -0.2) is 20.0 Å². The number of hydrogen-bond acceptors (Lipinski definition) is 3. The van der Waals surface area contributed by atoms with E-state index in [1.807, 2.05) is 6.92 Å². The van der Waals surface area contributed by atoms with E-state index in [9.17, 15) is 13.2 Å². The number of aryl methyl sites for hydroxylation is 1. The summed E-state index contributed by atoms with van der Waals surface area (Å²) < 4.78 is 24.4. The molecule has 0 saturated heterocycles. The van der Waals surface area contributed by atoms with Crippen LogP contribution < -0.4 is 0 Å². The minimum atomic E-state index is -3.35. The van der Waals surface area contributed by atoms with Crippen molar-refractivity contribution in [2.24, 2.45) is 0 Å². The van der Waals surface area contributed by atoms with E-state index in [2.05, 4.69) is 15.9 Å². The number of ketones is 1. The topological polar surface area (TPSA) is 51.2 Å². The van der Waals surface area contributed by atoms with Gasteiger partial charge in [0.2, 0.25) is 0 Å². The minimum absolute atomic E-state index is 0.0633. The highest BCUT2D eigenvalue weighted by Gasteiger charge is 2.15. The fourth-order valence-corrected chi connectivity index (χ4v) is 3.06. The van der Waals surface area contributed by atoms with Gasteiger partial charge in [0.05, 0.1) is 10.6 Å². The van der Waals surface area contributed by atoms with Gasteiger partial charge >= 0.3 is 0 Å². The number of hydrogen-bond donors (Lipinski definition) is 0. The smallest absolute Gasteiger partial charge is 0.178 e. The summed E-state index contributed by atoms with van der Waals surface area (Å²) in [5.74, 6) is -0.243. The van der Waals surface area contributed by atoms with Crippen LogP contribution in [0.5, 0.6) is 0 Å². The van der Waals surface area contributed by atoms with E-state index in [1.165, 1.54) is 6.92 Å². The first kappa shape index (κ1) is 13.4. The second-order valence-corrected chi connectivity index (χ2v) is 6.65. The molecule has 0 aliphatic heterocycles. The average Bonchev–Trinajstić information content (AvgIpc) is 2.19. The highest BCUT2D eigenvalue weighted by molar-refractivity contribution is 9.10. The van der Waals surface area contributed by atoms with Gasteiger partial charge in [-0.1, -0.05) is 22.0 Å². The fraction of sp³-hybridized carbons (Fsp3) is 0.364. The lowest BCUT2D eigenvalue weighted by Crippen LogP contribution is -2.09. The molecule has 0 fully saturated rings. The van der Waals surface area contributed by atoms with Gasteiger partial charge in [0.25, 0.3) is 0 Å². The van der Waals surface area contributed by atoms with Crippen molar-refractivity contribution in [1.82, 2.24) is 0 Å². The molecule has 0 unspecified atom stereocenters. The third kappa shape index (κ3) is 3.42. The summed E-state index contributed by atoms with van der Waals surface area (Å²) in [5, 5.41) is 0. The lowest BCUT2D eigenvalue weighted by Gasteiger charge is -2.05. The van der Waals surface area contributed by atoms with Gasteiger partial charge in [-0.3, -0.25) is 4.79 Å². The first-order valence-corrected chi connectivity index (χ1v) is 7.26. The van der Waals surface area contributed by atoms with E-state index < -0.39 is 9.84 Å². The van der Waals surface area contributed by atoms with Crippen LogP contribution in [0.3, 0.4) is 0 Å². The molecule has 0 aliphatic rings.